The maximum absolute atomic E-state index is 12.8. The molecule has 25 heavy (non-hydrogen) atoms. The minimum Gasteiger partial charge on any atom is -0.387 e. The van der Waals surface area contributed by atoms with Gasteiger partial charge in [0.1, 0.15) is 6.61 Å². The molecule has 0 radical (unpaired) electrons. The molecule has 2 amide bonds. The summed E-state index contributed by atoms with van der Waals surface area (Å²) in [6.07, 6.45) is 7.54. The second-order valence-electron chi connectivity index (χ2n) is 7.03. The molecule has 1 saturated heterocycles. The van der Waals surface area contributed by atoms with E-state index in [4.69, 9.17) is 16.7 Å². The van der Waals surface area contributed by atoms with Gasteiger partial charge >= 0.3 is 0 Å². The van der Waals surface area contributed by atoms with Gasteiger partial charge in [0.05, 0.1) is 0 Å². The molecule has 136 valence electrons. The van der Waals surface area contributed by atoms with Crippen molar-refractivity contribution >= 4 is 29.1 Å². The van der Waals surface area contributed by atoms with Crippen LogP contribution in [0.2, 0.25) is 5.02 Å². The van der Waals surface area contributed by atoms with Crippen LogP contribution >= 0.6 is 11.6 Å². The molecule has 3 rings (SSSR count). The Kier molecular flexibility index (Phi) is 5.97. The number of nitrogens with zero attached hydrogens (tertiary/aromatic N) is 1. The van der Waals surface area contributed by atoms with Crippen LogP contribution in [-0.2, 0) is 16.0 Å². The highest BCUT2D eigenvalue weighted by Crippen LogP contribution is 2.32. The van der Waals surface area contributed by atoms with E-state index in [0.717, 1.165) is 31.4 Å². The van der Waals surface area contributed by atoms with Crippen molar-refractivity contribution in [3.05, 3.63) is 28.8 Å². The summed E-state index contributed by atoms with van der Waals surface area (Å²) in [6.45, 7) is 0.295. The number of aliphatic hydroxyl groups excluding tert-OH is 1. The second-order valence-corrected chi connectivity index (χ2v) is 7.43. The highest BCUT2D eigenvalue weighted by molar-refractivity contribution is 6.31. The molecule has 0 bridgehead atoms. The molecule has 1 unspecified atom stereocenters. The number of rotatable bonds is 5. The number of likely N-dealkylation sites (tertiary alicyclic amines) is 1. The fourth-order valence-corrected chi connectivity index (χ4v) is 4.22. The van der Waals surface area contributed by atoms with Crippen molar-refractivity contribution in [1.82, 2.24) is 4.90 Å². The zero-order chi connectivity index (χ0) is 17.8. The van der Waals surface area contributed by atoms with Crippen molar-refractivity contribution in [2.75, 3.05) is 18.5 Å². The molecular formula is C19H25ClN2O3. The van der Waals surface area contributed by atoms with E-state index in [2.05, 4.69) is 10.2 Å². The largest absolute Gasteiger partial charge is 0.387 e. The Morgan fingerprint density at radius 1 is 1.24 bits per heavy atom. The van der Waals surface area contributed by atoms with E-state index in [-0.39, 0.29) is 11.8 Å². The number of hydrogen-bond donors (Lipinski definition) is 2. The van der Waals surface area contributed by atoms with E-state index >= 15 is 0 Å². The van der Waals surface area contributed by atoms with E-state index in [9.17, 15) is 9.59 Å². The quantitative estimate of drug-likeness (QED) is 0.843. The first-order chi connectivity index (χ1) is 12.1. The maximum Gasteiger partial charge on any atom is 0.250 e. The summed E-state index contributed by atoms with van der Waals surface area (Å²) >= 11 is 6.33. The third-order valence-corrected chi connectivity index (χ3v) is 5.66. The fraction of sp³-hybridized carbons (Fsp3) is 0.579. The first-order valence-corrected chi connectivity index (χ1v) is 9.46. The third kappa shape index (κ3) is 4.33. The van der Waals surface area contributed by atoms with E-state index in [0.29, 0.717) is 23.2 Å². The van der Waals surface area contributed by atoms with Gasteiger partial charge in [-0.3, -0.25) is 9.59 Å². The second kappa shape index (κ2) is 8.19. The van der Waals surface area contributed by atoms with Crippen LogP contribution in [-0.4, -0.2) is 41.0 Å². The number of amides is 2. The molecule has 1 aromatic rings. The van der Waals surface area contributed by atoms with Crippen molar-refractivity contribution in [2.24, 2.45) is 5.92 Å². The SMILES string of the molecule is O=C(CO)Nc1ccc(CC2CCN(C3CCCCC3)C2=O)c(Cl)c1. The molecule has 5 nitrogen and oxygen atoms in total. The van der Waals surface area contributed by atoms with Crippen LogP contribution in [0.4, 0.5) is 5.69 Å². The molecule has 0 spiro atoms. The molecule has 2 aliphatic rings. The van der Waals surface area contributed by atoms with Crippen LogP contribution in [0.1, 0.15) is 44.1 Å². The van der Waals surface area contributed by atoms with Gasteiger partial charge in [-0.15, -0.1) is 0 Å². The minimum absolute atomic E-state index is 0.00249. The Morgan fingerprint density at radius 2 is 2.00 bits per heavy atom. The monoisotopic (exact) mass is 364 g/mol. The van der Waals surface area contributed by atoms with Crippen molar-refractivity contribution in [3.8, 4) is 0 Å². The Balaban J connectivity index is 1.62. The summed E-state index contributed by atoms with van der Waals surface area (Å²) in [4.78, 5) is 26.1. The lowest BCUT2D eigenvalue weighted by molar-refractivity contribution is -0.133. The molecule has 2 N–H and O–H groups in total. The molecule has 1 aromatic carbocycles. The molecule has 1 aliphatic carbocycles. The summed E-state index contributed by atoms with van der Waals surface area (Å²) in [5, 5.41) is 11.9. The van der Waals surface area contributed by atoms with Gasteiger partial charge in [0.25, 0.3) is 0 Å². The Labute approximate surface area is 153 Å². The van der Waals surface area contributed by atoms with Gasteiger partial charge in [-0.05, 0) is 43.4 Å². The van der Waals surface area contributed by atoms with Crippen LogP contribution in [0.5, 0.6) is 0 Å². The number of halogens is 1. The third-order valence-electron chi connectivity index (χ3n) is 5.31. The van der Waals surface area contributed by atoms with Gasteiger partial charge in [0.15, 0.2) is 0 Å². The van der Waals surface area contributed by atoms with Crippen LogP contribution < -0.4 is 5.32 Å². The summed E-state index contributed by atoms with van der Waals surface area (Å²) in [5.41, 5.74) is 1.47. The number of carbonyl (C=O) groups excluding carboxylic acids is 2. The lowest BCUT2D eigenvalue weighted by Crippen LogP contribution is -2.39. The van der Waals surface area contributed by atoms with E-state index in [1.807, 2.05) is 6.07 Å². The van der Waals surface area contributed by atoms with Gasteiger partial charge in [-0.2, -0.15) is 0 Å². The fourth-order valence-electron chi connectivity index (χ4n) is 3.96. The highest BCUT2D eigenvalue weighted by Gasteiger charge is 2.36. The van der Waals surface area contributed by atoms with E-state index in [1.165, 1.54) is 19.3 Å². The summed E-state index contributed by atoms with van der Waals surface area (Å²) in [6, 6.07) is 5.71. The zero-order valence-electron chi connectivity index (χ0n) is 14.3. The Hall–Kier alpha value is -1.59. The van der Waals surface area contributed by atoms with Gasteiger partial charge < -0.3 is 15.3 Å². The first kappa shape index (κ1) is 18.2. The minimum atomic E-state index is -0.563. The molecule has 1 heterocycles. The van der Waals surface area contributed by atoms with Crippen molar-refractivity contribution in [3.63, 3.8) is 0 Å². The average molecular weight is 365 g/mol. The molecule has 1 atom stereocenters. The number of benzene rings is 1. The van der Waals surface area contributed by atoms with Crippen molar-refractivity contribution < 1.29 is 14.7 Å². The number of anilines is 1. The normalized spacial score (nSPS) is 21.6. The maximum atomic E-state index is 12.8. The standard InChI is InChI=1S/C19H25ClN2O3/c20-17-11-15(21-18(24)12-23)7-6-13(17)10-14-8-9-22(19(14)25)16-4-2-1-3-5-16/h6-7,11,14,16,23H,1-5,8-10,12H2,(H,21,24). The molecule has 1 saturated carbocycles. The summed E-state index contributed by atoms with van der Waals surface area (Å²) in [5.74, 6) is -0.212. The van der Waals surface area contributed by atoms with Crippen LogP contribution in [0.15, 0.2) is 18.2 Å². The number of carbonyl (C=O) groups is 2. The Morgan fingerprint density at radius 3 is 2.68 bits per heavy atom. The van der Waals surface area contributed by atoms with E-state index in [1.54, 1.807) is 12.1 Å². The molecule has 0 aromatic heterocycles. The van der Waals surface area contributed by atoms with Gasteiger partial charge in [-0.25, -0.2) is 0 Å². The van der Waals surface area contributed by atoms with Crippen LogP contribution in [0.3, 0.4) is 0 Å². The summed E-state index contributed by atoms with van der Waals surface area (Å²) < 4.78 is 0. The van der Waals surface area contributed by atoms with Crippen molar-refractivity contribution in [1.29, 1.82) is 0 Å². The number of hydrogen-bond acceptors (Lipinski definition) is 3. The summed E-state index contributed by atoms with van der Waals surface area (Å²) in [7, 11) is 0. The Bertz CT molecular complexity index is 644. The van der Waals surface area contributed by atoms with Gasteiger partial charge in [-0.1, -0.05) is 36.9 Å². The van der Waals surface area contributed by atoms with Crippen LogP contribution in [0.25, 0.3) is 0 Å². The van der Waals surface area contributed by atoms with Gasteiger partial charge in [0, 0.05) is 29.2 Å². The van der Waals surface area contributed by atoms with E-state index < -0.39 is 12.5 Å². The predicted octanol–water partition coefficient (Wildman–Crippen LogP) is 2.99. The van der Waals surface area contributed by atoms with Crippen molar-refractivity contribution in [2.45, 2.75) is 51.0 Å². The topological polar surface area (TPSA) is 69.6 Å². The molecule has 1 aliphatic heterocycles. The lowest BCUT2D eigenvalue weighted by Gasteiger charge is -2.31. The number of nitrogens with one attached hydrogen (secondary N) is 1. The zero-order valence-corrected chi connectivity index (χ0v) is 15.1. The predicted molar refractivity (Wildman–Crippen MR) is 97.6 cm³/mol. The highest BCUT2D eigenvalue weighted by atomic mass is 35.5. The van der Waals surface area contributed by atoms with Gasteiger partial charge in [0.2, 0.25) is 11.8 Å². The average Bonchev–Trinajstić information content (AvgIpc) is 2.98. The van der Waals surface area contributed by atoms with Crippen LogP contribution in [0, 0.1) is 5.92 Å². The molecule has 6 heteroatoms. The lowest BCUT2D eigenvalue weighted by atomic mass is 9.94. The smallest absolute Gasteiger partial charge is 0.250 e. The number of aliphatic hydroxyl groups is 1. The first-order valence-electron chi connectivity index (χ1n) is 9.08. The molecule has 2 fully saturated rings. The molecular weight excluding hydrogens is 340 g/mol.